The van der Waals surface area contributed by atoms with E-state index in [4.69, 9.17) is 12.2 Å². The van der Waals surface area contributed by atoms with E-state index < -0.39 is 0 Å². The van der Waals surface area contributed by atoms with Crippen LogP contribution in [0.1, 0.15) is 72.0 Å². The van der Waals surface area contributed by atoms with E-state index >= 15 is 0 Å². The summed E-state index contributed by atoms with van der Waals surface area (Å²) < 4.78 is 2.39. The van der Waals surface area contributed by atoms with E-state index in [0.29, 0.717) is 6.04 Å². The van der Waals surface area contributed by atoms with Crippen LogP contribution in [0.2, 0.25) is 0 Å². The molecule has 1 heterocycles. The van der Waals surface area contributed by atoms with Crippen LogP contribution in [0.15, 0.2) is 54.7 Å². The van der Waals surface area contributed by atoms with Gasteiger partial charge in [-0.05, 0) is 99.3 Å². The molecule has 1 aliphatic rings. The third kappa shape index (κ3) is 6.29. The zero-order chi connectivity index (χ0) is 24.1. The van der Waals surface area contributed by atoms with Crippen LogP contribution in [0.3, 0.4) is 0 Å². The van der Waals surface area contributed by atoms with Gasteiger partial charge in [0.25, 0.3) is 0 Å². The van der Waals surface area contributed by atoms with Gasteiger partial charge in [0.05, 0.1) is 6.54 Å². The summed E-state index contributed by atoms with van der Waals surface area (Å²) in [7, 11) is 0. The van der Waals surface area contributed by atoms with Gasteiger partial charge in [-0.15, -0.1) is 0 Å². The molecule has 0 bridgehead atoms. The average molecular weight is 474 g/mol. The first-order chi connectivity index (χ1) is 16.4. The molecule has 0 radical (unpaired) electrons. The second kappa shape index (κ2) is 11.2. The fourth-order valence-corrected chi connectivity index (χ4v) is 5.64. The van der Waals surface area contributed by atoms with Gasteiger partial charge in [-0.2, -0.15) is 0 Å². The molecule has 0 unspecified atom stereocenters. The molecule has 1 saturated carbocycles. The maximum absolute atomic E-state index is 6.06. The summed E-state index contributed by atoms with van der Waals surface area (Å²) in [4.78, 5) is 2.46. The van der Waals surface area contributed by atoms with Crippen molar-refractivity contribution in [1.82, 2.24) is 9.47 Å². The Morgan fingerprint density at radius 1 is 0.912 bits per heavy atom. The van der Waals surface area contributed by atoms with Crippen LogP contribution in [0.25, 0.3) is 0 Å². The number of hydrogen-bond acceptors (Lipinski definition) is 1. The van der Waals surface area contributed by atoms with Crippen LogP contribution in [0.4, 0.5) is 5.69 Å². The van der Waals surface area contributed by atoms with Gasteiger partial charge in [-0.1, -0.05) is 55.5 Å². The highest BCUT2D eigenvalue weighted by atomic mass is 32.1. The van der Waals surface area contributed by atoms with Crippen molar-refractivity contribution in [2.75, 3.05) is 5.32 Å². The molecule has 0 amide bonds. The summed E-state index contributed by atoms with van der Waals surface area (Å²) >= 11 is 6.06. The highest BCUT2D eigenvalue weighted by Gasteiger charge is 2.24. The molecule has 180 valence electrons. The number of nitrogens with zero attached hydrogens (tertiary/aromatic N) is 2. The molecule has 34 heavy (non-hydrogen) atoms. The maximum atomic E-state index is 6.06. The van der Waals surface area contributed by atoms with Gasteiger partial charge in [0.2, 0.25) is 0 Å². The maximum Gasteiger partial charge on any atom is 0.174 e. The van der Waals surface area contributed by atoms with Crippen molar-refractivity contribution in [2.45, 2.75) is 85.4 Å². The number of hydrogen-bond donors (Lipinski definition) is 1. The zero-order valence-corrected chi connectivity index (χ0v) is 22.0. The Bertz CT molecular complexity index is 1100. The Balaban J connectivity index is 1.57. The minimum absolute atomic E-state index is 0.484. The third-order valence-electron chi connectivity index (χ3n) is 7.09. The molecule has 0 atom stereocenters. The number of rotatable bonds is 6. The van der Waals surface area contributed by atoms with E-state index in [2.05, 4.69) is 97.2 Å². The standard InChI is InChI=1S/C30H39N3S/c1-22-13-14-26(25(4)17-22)20-32-15-9-12-29(32)21-33(28-10-7-5-6-8-11-28)30(34)31-27-18-23(2)16-24(3)19-27/h9,12-19,28H,5-8,10-11,20-21H2,1-4H3,(H,31,34). The van der Waals surface area contributed by atoms with Gasteiger partial charge in [0.15, 0.2) is 5.11 Å². The Labute approximate surface area is 211 Å². The van der Waals surface area contributed by atoms with Crippen molar-refractivity contribution in [2.24, 2.45) is 0 Å². The summed E-state index contributed by atoms with van der Waals surface area (Å²) in [5, 5.41) is 4.43. The number of aryl methyl sites for hydroxylation is 4. The Morgan fingerprint density at radius 3 is 2.29 bits per heavy atom. The zero-order valence-electron chi connectivity index (χ0n) is 21.2. The summed E-state index contributed by atoms with van der Waals surface area (Å²) in [6.07, 6.45) is 9.89. The second-order valence-corrected chi connectivity index (χ2v) is 10.5. The summed E-state index contributed by atoms with van der Waals surface area (Å²) in [5.41, 5.74) is 8.96. The van der Waals surface area contributed by atoms with E-state index in [9.17, 15) is 0 Å². The SMILES string of the molecule is Cc1cc(C)cc(NC(=S)N(Cc2cccn2Cc2ccc(C)cc2C)C2CCCCCC2)c1. The van der Waals surface area contributed by atoms with Gasteiger partial charge < -0.3 is 14.8 Å². The minimum Gasteiger partial charge on any atom is -0.345 e. The van der Waals surface area contributed by atoms with Crippen LogP contribution in [0.5, 0.6) is 0 Å². The Kier molecular flexibility index (Phi) is 8.10. The lowest BCUT2D eigenvalue weighted by molar-refractivity contribution is 0.274. The molecule has 0 saturated heterocycles. The van der Waals surface area contributed by atoms with Gasteiger partial charge in [-0.3, -0.25) is 0 Å². The number of aromatic nitrogens is 1. The van der Waals surface area contributed by atoms with Crippen LogP contribution in [-0.4, -0.2) is 20.6 Å². The van der Waals surface area contributed by atoms with E-state index in [-0.39, 0.29) is 0 Å². The van der Waals surface area contributed by atoms with E-state index in [1.807, 2.05) is 0 Å². The Hall–Kier alpha value is -2.59. The normalized spacial score (nSPS) is 14.6. The Morgan fingerprint density at radius 2 is 1.62 bits per heavy atom. The third-order valence-corrected chi connectivity index (χ3v) is 7.43. The molecule has 4 heteroatoms. The number of nitrogens with one attached hydrogen (secondary N) is 1. The van der Waals surface area contributed by atoms with Crippen molar-refractivity contribution < 1.29 is 0 Å². The van der Waals surface area contributed by atoms with Crippen molar-refractivity contribution >= 4 is 23.0 Å². The molecule has 1 fully saturated rings. The smallest absolute Gasteiger partial charge is 0.174 e. The lowest BCUT2D eigenvalue weighted by Gasteiger charge is -2.34. The first-order valence-corrected chi connectivity index (χ1v) is 13.2. The summed E-state index contributed by atoms with van der Waals surface area (Å²) in [5.74, 6) is 0. The molecule has 1 aromatic heterocycles. The summed E-state index contributed by atoms with van der Waals surface area (Å²) in [6.45, 7) is 10.4. The number of anilines is 1. The largest absolute Gasteiger partial charge is 0.345 e. The minimum atomic E-state index is 0.484. The second-order valence-electron chi connectivity index (χ2n) is 10.1. The topological polar surface area (TPSA) is 20.2 Å². The van der Waals surface area contributed by atoms with Crippen LogP contribution >= 0.6 is 12.2 Å². The first-order valence-electron chi connectivity index (χ1n) is 12.7. The molecular weight excluding hydrogens is 434 g/mol. The fourth-order valence-electron chi connectivity index (χ4n) is 5.31. The highest BCUT2D eigenvalue weighted by molar-refractivity contribution is 7.80. The monoisotopic (exact) mass is 473 g/mol. The first kappa shape index (κ1) is 24.5. The lowest BCUT2D eigenvalue weighted by atomic mass is 10.1. The molecule has 2 aromatic carbocycles. The van der Waals surface area contributed by atoms with Gasteiger partial charge >= 0.3 is 0 Å². The van der Waals surface area contributed by atoms with E-state index in [1.165, 1.54) is 72.0 Å². The molecule has 1 N–H and O–H groups in total. The molecule has 0 aliphatic heterocycles. The molecule has 1 aliphatic carbocycles. The van der Waals surface area contributed by atoms with E-state index in [1.54, 1.807) is 0 Å². The van der Waals surface area contributed by atoms with Crippen LogP contribution < -0.4 is 5.32 Å². The van der Waals surface area contributed by atoms with Gasteiger partial charge in [-0.25, -0.2) is 0 Å². The van der Waals surface area contributed by atoms with Crippen molar-refractivity contribution in [3.63, 3.8) is 0 Å². The number of benzene rings is 2. The van der Waals surface area contributed by atoms with Crippen molar-refractivity contribution in [3.8, 4) is 0 Å². The predicted octanol–water partition coefficient (Wildman–Crippen LogP) is 7.69. The van der Waals surface area contributed by atoms with Crippen molar-refractivity contribution in [1.29, 1.82) is 0 Å². The molecule has 4 rings (SSSR count). The molecule has 0 spiro atoms. The van der Waals surface area contributed by atoms with Gasteiger partial charge in [0.1, 0.15) is 0 Å². The van der Waals surface area contributed by atoms with Crippen molar-refractivity contribution in [3.05, 3.63) is 88.2 Å². The van der Waals surface area contributed by atoms with Gasteiger partial charge in [0, 0.05) is 30.2 Å². The lowest BCUT2D eigenvalue weighted by Crippen LogP contribution is -2.42. The average Bonchev–Trinajstić information content (AvgIpc) is 3.03. The molecular formula is C30H39N3S. The summed E-state index contributed by atoms with van der Waals surface area (Å²) in [6, 6.07) is 18.3. The van der Waals surface area contributed by atoms with E-state index in [0.717, 1.165) is 23.9 Å². The quantitative estimate of drug-likeness (QED) is 0.293. The highest BCUT2D eigenvalue weighted by Crippen LogP contribution is 2.26. The number of thiocarbonyl (C=S) groups is 1. The predicted molar refractivity (Wildman–Crippen MR) is 149 cm³/mol. The van der Waals surface area contributed by atoms with Crippen LogP contribution in [-0.2, 0) is 13.1 Å². The molecule has 3 aromatic rings. The molecule has 3 nitrogen and oxygen atoms in total. The fraction of sp³-hybridized carbons (Fsp3) is 0.433. The van der Waals surface area contributed by atoms with Crippen LogP contribution in [0, 0.1) is 27.7 Å².